The number of hydrogen-bond acceptors (Lipinski definition) is 5. The summed E-state index contributed by atoms with van der Waals surface area (Å²) in [7, 11) is -7.28. The summed E-state index contributed by atoms with van der Waals surface area (Å²) in [5.41, 5.74) is 0. The van der Waals surface area contributed by atoms with Gasteiger partial charge in [0.05, 0.1) is 16.9 Å². The molecule has 0 aliphatic rings. The number of benzene rings is 1. The van der Waals surface area contributed by atoms with E-state index < -0.39 is 25.1 Å². The molecule has 0 saturated carbocycles. The summed E-state index contributed by atoms with van der Waals surface area (Å²) >= 11 is 0. The largest absolute Gasteiger partial charge is 0.468 e. The summed E-state index contributed by atoms with van der Waals surface area (Å²) in [4.78, 5) is 0.118. The molecule has 8 heteroatoms. The molecule has 0 radical (unpaired) electrons. The molecule has 0 spiro atoms. The van der Waals surface area contributed by atoms with Crippen LogP contribution in [-0.2, 0) is 19.9 Å². The number of sulfone groups is 1. The normalized spacial score (nSPS) is 13.9. The minimum atomic E-state index is -3.78. The van der Waals surface area contributed by atoms with Crippen molar-refractivity contribution in [2.24, 2.45) is 0 Å². The van der Waals surface area contributed by atoms with Gasteiger partial charge in [0.1, 0.15) is 11.0 Å². The lowest BCUT2D eigenvalue weighted by Gasteiger charge is -2.16. The van der Waals surface area contributed by atoms with E-state index in [4.69, 9.17) is 4.42 Å². The smallest absolute Gasteiger partial charge is 0.211 e. The van der Waals surface area contributed by atoms with Crippen LogP contribution < -0.4 is 4.72 Å². The van der Waals surface area contributed by atoms with Gasteiger partial charge in [-0.3, -0.25) is 0 Å². The van der Waals surface area contributed by atoms with E-state index in [-0.39, 0.29) is 23.0 Å². The van der Waals surface area contributed by atoms with Gasteiger partial charge in [0.25, 0.3) is 0 Å². The molecule has 1 atom stereocenters. The molecule has 22 heavy (non-hydrogen) atoms. The molecule has 0 unspecified atom stereocenters. The Labute approximate surface area is 130 Å². The Hall–Kier alpha value is -1.64. The van der Waals surface area contributed by atoms with E-state index in [2.05, 4.69) is 4.72 Å². The van der Waals surface area contributed by atoms with E-state index in [1.54, 1.807) is 24.3 Å². The number of furan rings is 1. The molecule has 1 heterocycles. The predicted molar refractivity (Wildman–Crippen MR) is 82.5 cm³/mol. The van der Waals surface area contributed by atoms with E-state index >= 15 is 0 Å². The lowest BCUT2D eigenvalue weighted by molar-refractivity contribution is 0.486. The van der Waals surface area contributed by atoms with E-state index in [0.29, 0.717) is 0 Å². The lowest BCUT2D eigenvalue weighted by Crippen LogP contribution is -2.32. The molecule has 2 aromatic rings. The summed E-state index contributed by atoms with van der Waals surface area (Å²) in [6, 6.07) is 11.0. The molecule has 2 rings (SSSR count). The third-order valence-electron chi connectivity index (χ3n) is 3.18. The first-order chi connectivity index (χ1) is 10.4. The molecule has 0 saturated heterocycles. The van der Waals surface area contributed by atoms with Crippen LogP contribution in [0, 0.1) is 0 Å². The minimum Gasteiger partial charge on any atom is -0.468 e. The second-order valence-electron chi connectivity index (χ2n) is 4.61. The first-order valence-electron chi connectivity index (χ1n) is 6.66. The summed E-state index contributed by atoms with van der Waals surface area (Å²) in [5, 5.41) is -1.12. The summed E-state index contributed by atoms with van der Waals surface area (Å²) in [6.07, 6.45) is 1.36. The van der Waals surface area contributed by atoms with Crippen LogP contribution in [0.1, 0.15) is 17.9 Å². The maximum atomic E-state index is 12.7. The first-order valence-corrected chi connectivity index (χ1v) is 9.86. The average Bonchev–Trinajstić information content (AvgIpc) is 3.02. The van der Waals surface area contributed by atoms with Crippen LogP contribution in [0.15, 0.2) is 58.0 Å². The molecule has 0 fully saturated rings. The van der Waals surface area contributed by atoms with E-state index in [9.17, 15) is 16.8 Å². The topological polar surface area (TPSA) is 93.4 Å². The van der Waals surface area contributed by atoms with E-state index in [0.717, 1.165) is 0 Å². The Morgan fingerprint density at radius 3 is 2.27 bits per heavy atom. The lowest BCUT2D eigenvalue weighted by atomic mass is 10.3. The SMILES string of the molecule is CCS(=O)(=O)NC[C@H](c1ccco1)S(=O)(=O)c1ccccc1. The number of hydrogen-bond donors (Lipinski definition) is 1. The summed E-state index contributed by atoms with van der Waals surface area (Å²) in [5.74, 6) is 0.0751. The van der Waals surface area contributed by atoms with Gasteiger partial charge in [-0.15, -0.1) is 0 Å². The Kier molecular flexibility index (Phi) is 5.05. The Morgan fingerprint density at radius 1 is 1.05 bits per heavy atom. The Bertz CT molecular complexity index is 796. The van der Waals surface area contributed by atoms with Crippen molar-refractivity contribution in [3.05, 3.63) is 54.5 Å². The molecule has 120 valence electrons. The van der Waals surface area contributed by atoms with Gasteiger partial charge in [-0.25, -0.2) is 21.6 Å². The van der Waals surface area contributed by atoms with Crippen molar-refractivity contribution in [2.75, 3.05) is 12.3 Å². The van der Waals surface area contributed by atoms with Gasteiger partial charge in [0, 0.05) is 6.54 Å². The highest BCUT2D eigenvalue weighted by molar-refractivity contribution is 7.92. The van der Waals surface area contributed by atoms with Crippen molar-refractivity contribution in [1.29, 1.82) is 0 Å². The average molecular weight is 343 g/mol. The second kappa shape index (κ2) is 6.64. The number of sulfonamides is 1. The van der Waals surface area contributed by atoms with Crippen molar-refractivity contribution in [1.82, 2.24) is 4.72 Å². The summed E-state index contributed by atoms with van der Waals surface area (Å²) in [6.45, 7) is 1.21. The Balaban J connectivity index is 2.38. The fourth-order valence-corrected chi connectivity index (χ4v) is 4.25. The zero-order valence-corrected chi connectivity index (χ0v) is 13.6. The fraction of sp³-hybridized carbons (Fsp3) is 0.286. The molecule has 0 aliphatic heterocycles. The van der Waals surface area contributed by atoms with Crippen LogP contribution in [0.4, 0.5) is 0 Å². The van der Waals surface area contributed by atoms with Crippen molar-refractivity contribution >= 4 is 19.9 Å². The minimum absolute atomic E-state index is 0.118. The third kappa shape index (κ3) is 3.76. The molecule has 1 aromatic heterocycles. The van der Waals surface area contributed by atoms with Crippen molar-refractivity contribution in [2.45, 2.75) is 17.1 Å². The number of rotatable bonds is 7. The Morgan fingerprint density at radius 2 is 1.73 bits per heavy atom. The van der Waals surface area contributed by atoms with E-state index in [1.165, 1.54) is 31.4 Å². The van der Waals surface area contributed by atoms with Crippen LogP contribution in [0.25, 0.3) is 0 Å². The van der Waals surface area contributed by atoms with Gasteiger partial charge in [0.2, 0.25) is 10.0 Å². The standard InChI is InChI=1S/C14H17NO5S2/c1-2-21(16,17)15-11-14(13-9-6-10-20-13)22(18,19)12-7-4-3-5-8-12/h3-10,14-15H,2,11H2,1H3/t14-/m1/s1. The van der Waals surface area contributed by atoms with Gasteiger partial charge >= 0.3 is 0 Å². The highest BCUT2D eigenvalue weighted by Gasteiger charge is 2.32. The molecule has 1 N–H and O–H groups in total. The molecule has 1 aromatic carbocycles. The van der Waals surface area contributed by atoms with Gasteiger partial charge < -0.3 is 4.42 Å². The molecule has 0 amide bonds. The summed E-state index contributed by atoms with van der Waals surface area (Å²) < 4.78 is 56.2. The van der Waals surface area contributed by atoms with Crippen molar-refractivity contribution in [3.63, 3.8) is 0 Å². The zero-order chi connectivity index (χ0) is 16.2. The molecular formula is C14H17NO5S2. The maximum Gasteiger partial charge on any atom is 0.211 e. The molecule has 0 aliphatic carbocycles. The molecular weight excluding hydrogens is 326 g/mol. The highest BCUT2D eigenvalue weighted by atomic mass is 32.2. The van der Waals surface area contributed by atoms with Crippen molar-refractivity contribution in [3.8, 4) is 0 Å². The molecule has 6 nitrogen and oxygen atoms in total. The number of nitrogens with one attached hydrogen (secondary N) is 1. The van der Waals surface area contributed by atoms with Crippen LogP contribution in [0.5, 0.6) is 0 Å². The van der Waals surface area contributed by atoms with Crippen LogP contribution in [0.3, 0.4) is 0 Å². The highest BCUT2D eigenvalue weighted by Crippen LogP contribution is 2.28. The van der Waals surface area contributed by atoms with Gasteiger partial charge in [-0.05, 0) is 31.2 Å². The fourth-order valence-electron chi connectivity index (χ4n) is 1.92. The maximum absolute atomic E-state index is 12.7. The zero-order valence-electron chi connectivity index (χ0n) is 12.0. The van der Waals surface area contributed by atoms with Gasteiger partial charge in [0.15, 0.2) is 9.84 Å². The van der Waals surface area contributed by atoms with Crippen LogP contribution in [-0.4, -0.2) is 29.1 Å². The molecule has 0 bridgehead atoms. The first kappa shape index (κ1) is 16.7. The monoisotopic (exact) mass is 343 g/mol. The van der Waals surface area contributed by atoms with Crippen LogP contribution in [0.2, 0.25) is 0 Å². The van der Waals surface area contributed by atoms with Gasteiger partial charge in [-0.1, -0.05) is 18.2 Å². The van der Waals surface area contributed by atoms with Crippen molar-refractivity contribution < 1.29 is 21.3 Å². The van der Waals surface area contributed by atoms with Crippen LogP contribution >= 0.6 is 0 Å². The van der Waals surface area contributed by atoms with Gasteiger partial charge in [-0.2, -0.15) is 0 Å². The second-order valence-corrected chi connectivity index (χ2v) is 8.84. The quantitative estimate of drug-likeness (QED) is 0.826. The van der Waals surface area contributed by atoms with E-state index in [1.807, 2.05) is 0 Å². The third-order valence-corrected chi connectivity index (χ3v) is 6.62. The predicted octanol–water partition coefficient (Wildman–Crippen LogP) is 1.73.